The molecule has 28 heavy (non-hydrogen) atoms. The van der Waals surface area contributed by atoms with Crippen molar-refractivity contribution in [3.63, 3.8) is 0 Å². The highest BCUT2D eigenvalue weighted by Gasteiger charge is 2.42. The van der Waals surface area contributed by atoms with E-state index >= 15 is 0 Å². The predicted octanol–water partition coefficient (Wildman–Crippen LogP) is 3.50. The Hall–Kier alpha value is -1.46. The fourth-order valence-electron chi connectivity index (χ4n) is 5.29. The summed E-state index contributed by atoms with van der Waals surface area (Å²) in [7, 11) is 0. The highest BCUT2D eigenvalue weighted by molar-refractivity contribution is 5.83. The summed E-state index contributed by atoms with van der Waals surface area (Å²) in [5, 5.41) is 0. The molecule has 1 aromatic rings. The van der Waals surface area contributed by atoms with Crippen molar-refractivity contribution in [2.24, 2.45) is 11.3 Å². The van der Waals surface area contributed by atoms with Crippen LogP contribution in [0.1, 0.15) is 44.1 Å². The van der Waals surface area contributed by atoms with E-state index in [4.69, 9.17) is 4.74 Å². The molecule has 4 nitrogen and oxygen atoms in total. The zero-order chi connectivity index (χ0) is 19.4. The molecule has 1 aliphatic carbocycles. The highest BCUT2D eigenvalue weighted by atomic mass is 19.1. The number of hydrogen-bond acceptors (Lipinski definition) is 3. The van der Waals surface area contributed by atoms with Gasteiger partial charge in [-0.1, -0.05) is 31.4 Å². The Labute approximate surface area is 168 Å². The Morgan fingerprint density at radius 1 is 1.14 bits per heavy atom. The standard InChI is InChI=1S/C23H33FN2O2/c24-21-6-4-5-19(15-21)16-23(8-2-1-3-9-23)22(27)26-12-10-25(11-13-26)17-20-7-14-28-18-20/h4-6,15,20H,1-3,7-14,16-18H2. The van der Waals surface area contributed by atoms with Crippen molar-refractivity contribution in [2.75, 3.05) is 45.9 Å². The van der Waals surface area contributed by atoms with Gasteiger partial charge in [0, 0.05) is 39.3 Å². The van der Waals surface area contributed by atoms with Gasteiger partial charge in [-0.3, -0.25) is 9.69 Å². The number of benzene rings is 1. The number of hydrogen-bond donors (Lipinski definition) is 0. The van der Waals surface area contributed by atoms with Crippen molar-refractivity contribution >= 4 is 5.91 Å². The summed E-state index contributed by atoms with van der Waals surface area (Å²) >= 11 is 0. The first-order valence-corrected chi connectivity index (χ1v) is 11.0. The van der Waals surface area contributed by atoms with Crippen LogP contribution in [0.5, 0.6) is 0 Å². The lowest BCUT2D eigenvalue weighted by atomic mass is 9.69. The zero-order valence-electron chi connectivity index (χ0n) is 16.9. The van der Waals surface area contributed by atoms with Crippen LogP contribution in [0.2, 0.25) is 0 Å². The molecule has 154 valence electrons. The lowest BCUT2D eigenvalue weighted by molar-refractivity contribution is -0.146. The van der Waals surface area contributed by atoms with E-state index in [1.165, 1.54) is 12.5 Å². The second-order valence-electron chi connectivity index (χ2n) is 8.97. The second kappa shape index (κ2) is 8.91. The number of carbonyl (C=O) groups excluding carboxylic acids is 1. The molecule has 4 rings (SSSR count). The number of amides is 1. The number of ether oxygens (including phenoxy) is 1. The number of piperazine rings is 1. The van der Waals surface area contributed by atoms with E-state index in [0.717, 1.165) is 83.6 Å². The normalized spacial score (nSPS) is 25.8. The molecule has 2 saturated heterocycles. The number of halogens is 1. The summed E-state index contributed by atoms with van der Waals surface area (Å²) in [6, 6.07) is 6.81. The van der Waals surface area contributed by atoms with Crippen LogP contribution in [0.4, 0.5) is 4.39 Å². The summed E-state index contributed by atoms with van der Waals surface area (Å²) in [5.74, 6) is 0.751. The van der Waals surface area contributed by atoms with Gasteiger partial charge in [0.15, 0.2) is 0 Å². The topological polar surface area (TPSA) is 32.8 Å². The second-order valence-corrected chi connectivity index (χ2v) is 8.97. The van der Waals surface area contributed by atoms with Gasteiger partial charge in [-0.25, -0.2) is 4.39 Å². The maximum Gasteiger partial charge on any atom is 0.229 e. The number of nitrogens with zero attached hydrogens (tertiary/aromatic N) is 2. The molecule has 0 aromatic heterocycles. The first-order chi connectivity index (χ1) is 13.6. The SMILES string of the molecule is O=C(N1CCN(CC2CCOC2)CC1)C1(Cc2cccc(F)c2)CCCCC1. The Balaban J connectivity index is 1.40. The van der Waals surface area contributed by atoms with Gasteiger partial charge < -0.3 is 9.64 Å². The first-order valence-electron chi connectivity index (χ1n) is 11.0. The molecule has 3 aliphatic rings. The molecule has 0 spiro atoms. The van der Waals surface area contributed by atoms with Crippen molar-refractivity contribution in [2.45, 2.75) is 44.9 Å². The quantitative estimate of drug-likeness (QED) is 0.774. The van der Waals surface area contributed by atoms with Crippen LogP contribution in [-0.2, 0) is 16.0 Å². The van der Waals surface area contributed by atoms with Gasteiger partial charge in [0.25, 0.3) is 0 Å². The molecule has 1 amide bonds. The maximum absolute atomic E-state index is 13.7. The van der Waals surface area contributed by atoms with E-state index in [2.05, 4.69) is 9.80 Å². The fourth-order valence-corrected chi connectivity index (χ4v) is 5.29. The summed E-state index contributed by atoms with van der Waals surface area (Å²) in [6.45, 7) is 6.42. The van der Waals surface area contributed by atoms with E-state index in [1.807, 2.05) is 6.07 Å². The summed E-state index contributed by atoms with van der Waals surface area (Å²) in [6.07, 6.45) is 7.10. The Bertz CT molecular complexity index is 660. The fraction of sp³-hybridized carbons (Fsp3) is 0.696. The van der Waals surface area contributed by atoms with Crippen LogP contribution >= 0.6 is 0 Å². The molecule has 1 saturated carbocycles. The Morgan fingerprint density at radius 2 is 1.93 bits per heavy atom. The smallest absolute Gasteiger partial charge is 0.229 e. The van der Waals surface area contributed by atoms with E-state index < -0.39 is 0 Å². The lowest BCUT2D eigenvalue weighted by Crippen LogP contribution is -2.54. The van der Waals surface area contributed by atoms with E-state index in [-0.39, 0.29) is 11.2 Å². The van der Waals surface area contributed by atoms with Gasteiger partial charge in [-0.15, -0.1) is 0 Å². The third-order valence-corrected chi connectivity index (χ3v) is 6.90. The minimum absolute atomic E-state index is 0.208. The highest BCUT2D eigenvalue weighted by Crippen LogP contribution is 2.41. The van der Waals surface area contributed by atoms with Gasteiger partial charge in [0.2, 0.25) is 5.91 Å². The van der Waals surface area contributed by atoms with Crippen LogP contribution in [0, 0.1) is 17.2 Å². The molecule has 0 bridgehead atoms. The van der Waals surface area contributed by atoms with E-state index in [1.54, 1.807) is 12.1 Å². The third kappa shape index (κ3) is 4.57. The van der Waals surface area contributed by atoms with Crippen molar-refractivity contribution < 1.29 is 13.9 Å². The minimum Gasteiger partial charge on any atom is -0.381 e. The molecule has 3 fully saturated rings. The minimum atomic E-state index is -0.340. The molecule has 2 aliphatic heterocycles. The van der Waals surface area contributed by atoms with Crippen molar-refractivity contribution in [1.82, 2.24) is 9.80 Å². The van der Waals surface area contributed by atoms with Crippen LogP contribution in [0.3, 0.4) is 0 Å². The number of rotatable bonds is 5. The zero-order valence-corrected chi connectivity index (χ0v) is 16.9. The first kappa shape index (κ1) is 19.8. The summed E-state index contributed by atoms with van der Waals surface area (Å²) in [4.78, 5) is 18.2. The summed E-state index contributed by atoms with van der Waals surface area (Å²) < 4.78 is 19.2. The molecular formula is C23H33FN2O2. The van der Waals surface area contributed by atoms with Crippen molar-refractivity contribution in [3.05, 3.63) is 35.6 Å². The van der Waals surface area contributed by atoms with Crippen LogP contribution in [-0.4, -0.2) is 61.6 Å². The van der Waals surface area contributed by atoms with Crippen LogP contribution < -0.4 is 0 Å². The van der Waals surface area contributed by atoms with Gasteiger partial charge in [0.05, 0.1) is 12.0 Å². The molecule has 2 heterocycles. The molecule has 0 N–H and O–H groups in total. The third-order valence-electron chi connectivity index (χ3n) is 6.90. The van der Waals surface area contributed by atoms with E-state index in [9.17, 15) is 9.18 Å². The van der Waals surface area contributed by atoms with Crippen LogP contribution in [0.25, 0.3) is 0 Å². The molecule has 1 unspecified atom stereocenters. The average molecular weight is 389 g/mol. The maximum atomic E-state index is 13.7. The molecular weight excluding hydrogens is 355 g/mol. The van der Waals surface area contributed by atoms with Crippen molar-refractivity contribution in [1.29, 1.82) is 0 Å². The van der Waals surface area contributed by atoms with E-state index in [0.29, 0.717) is 18.2 Å². The van der Waals surface area contributed by atoms with Gasteiger partial charge >= 0.3 is 0 Å². The molecule has 1 atom stereocenters. The predicted molar refractivity (Wildman–Crippen MR) is 108 cm³/mol. The average Bonchev–Trinajstić information content (AvgIpc) is 3.22. The molecule has 0 radical (unpaired) electrons. The lowest BCUT2D eigenvalue weighted by Gasteiger charge is -2.43. The Morgan fingerprint density at radius 3 is 2.61 bits per heavy atom. The van der Waals surface area contributed by atoms with Gasteiger partial charge in [-0.2, -0.15) is 0 Å². The van der Waals surface area contributed by atoms with Gasteiger partial charge in [-0.05, 0) is 49.3 Å². The number of carbonyl (C=O) groups is 1. The largest absolute Gasteiger partial charge is 0.381 e. The van der Waals surface area contributed by atoms with Gasteiger partial charge in [0.1, 0.15) is 5.82 Å². The Kier molecular flexibility index (Phi) is 6.32. The monoisotopic (exact) mass is 388 g/mol. The molecule has 5 heteroatoms. The van der Waals surface area contributed by atoms with Crippen molar-refractivity contribution in [3.8, 4) is 0 Å². The molecule has 1 aromatic carbocycles. The summed E-state index contributed by atoms with van der Waals surface area (Å²) in [5.41, 5.74) is 0.614. The van der Waals surface area contributed by atoms with Crippen LogP contribution in [0.15, 0.2) is 24.3 Å².